The molecule has 0 radical (unpaired) electrons. The van der Waals surface area contributed by atoms with Crippen LogP contribution in [0.25, 0.3) is 11.0 Å². The first-order valence-corrected chi connectivity index (χ1v) is 6.56. The molecule has 0 saturated heterocycles. The van der Waals surface area contributed by atoms with Crippen LogP contribution in [0.15, 0.2) is 46.9 Å². The summed E-state index contributed by atoms with van der Waals surface area (Å²) in [6.07, 6.45) is -0.972. The summed E-state index contributed by atoms with van der Waals surface area (Å²) in [6.45, 7) is 1.88. The summed E-state index contributed by atoms with van der Waals surface area (Å²) in [5, 5.41) is 11.5. The maximum atomic E-state index is 13.6. The molecular weight excluding hydrogens is 279 g/mol. The molecule has 0 amide bonds. The van der Waals surface area contributed by atoms with E-state index in [9.17, 15) is 9.50 Å². The minimum absolute atomic E-state index is 0.153. The van der Waals surface area contributed by atoms with Gasteiger partial charge in [-0.1, -0.05) is 35.9 Å². The van der Waals surface area contributed by atoms with Gasteiger partial charge in [-0.2, -0.15) is 0 Å². The van der Waals surface area contributed by atoms with Gasteiger partial charge in [-0.25, -0.2) is 4.39 Å². The largest absolute Gasteiger partial charge is 0.455 e. The lowest BCUT2D eigenvalue weighted by Crippen LogP contribution is -1.98. The fraction of sp³-hybridized carbons (Fsp3) is 0.125. The van der Waals surface area contributed by atoms with Gasteiger partial charge in [-0.3, -0.25) is 0 Å². The van der Waals surface area contributed by atoms with E-state index in [4.69, 9.17) is 16.0 Å². The van der Waals surface area contributed by atoms with E-state index in [0.29, 0.717) is 21.7 Å². The molecule has 0 aliphatic carbocycles. The molecule has 0 aliphatic rings. The Morgan fingerprint density at radius 2 is 2.00 bits per heavy atom. The predicted molar refractivity (Wildman–Crippen MR) is 76.4 cm³/mol. The van der Waals surface area contributed by atoms with Crippen molar-refractivity contribution in [3.63, 3.8) is 0 Å². The molecule has 0 fully saturated rings. The van der Waals surface area contributed by atoms with E-state index < -0.39 is 11.9 Å². The van der Waals surface area contributed by atoms with Crippen molar-refractivity contribution in [2.24, 2.45) is 0 Å². The monoisotopic (exact) mass is 290 g/mol. The number of benzene rings is 2. The lowest BCUT2D eigenvalue weighted by Gasteiger charge is -2.09. The van der Waals surface area contributed by atoms with E-state index in [-0.39, 0.29) is 5.58 Å². The summed E-state index contributed by atoms with van der Waals surface area (Å²) in [7, 11) is 0. The zero-order valence-electron chi connectivity index (χ0n) is 10.7. The molecule has 20 heavy (non-hydrogen) atoms. The first-order chi connectivity index (χ1) is 9.56. The Kier molecular flexibility index (Phi) is 3.24. The molecule has 0 aliphatic heterocycles. The van der Waals surface area contributed by atoms with Crippen LogP contribution in [-0.4, -0.2) is 5.11 Å². The summed E-state index contributed by atoms with van der Waals surface area (Å²) in [5.41, 5.74) is 1.69. The standard InChI is InChI=1S/C16H12ClFO2/c1-9-5-6-10(7-12(9)17)15(19)14-8-11-3-2-4-13(18)16(11)20-14/h2-8,15,19H,1H3. The zero-order chi connectivity index (χ0) is 14.3. The normalized spacial score (nSPS) is 12.8. The summed E-state index contributed by atoms with van der Waals surface area (Å²) >= 11 is 6.05. The van der Waals surface area contributed by atoms with Gasteiger partial charge in [0.25, 0.3) is 0 Å². The van der Waals surface area contributed by atoms with Crippen molar-refractivity contribution in [1.29, 1.82) is 0 Å². The summed E-state index contributed by atoms with van der Waals surface area (Å²) in [4.78, 5) is 0. The van der Waals surface area contributed by atoms with Gasteiger partial charge in [0.1, 0.15) is 11.9 Å². The van der Waals surface area contributed by atoms with Crippen LogP contribution in [-0.2, 0) is 0 Å². The van der Waals surface area contributed by atoms with E-state index in [1.165, 1.54) is 6.07 Å². The lowest BCUT2D eigenvalue weighted by atomic mass is 10.1. The van der Waals surface area contributed by atoms with Crippen LogP contribution in [0.1, 0.15) is 23.0 Å². The zero-order valence-corrected chi connectivity index (χ0v) is 11.5. The number of aliphatic hydroxyl groups is 1. The summed E-state index contributed by atoms with van der Waals surface area (Å²) in [6, 6.07) is 11.6. The molecule has 1 aromatic heterocycles. The third-order valence-electron chi connectivity index (χ3n) is 3.30. The van der Waals surface area contributed by atoms with Crippen molar-refractivity contribution in [3.8, 4) is 0 Å². The highest BCUT2D eigenvalue weighted by molar-refractivity contribution is 6.31. The Labute approximate surface area is 120 Å². The molecular formula is C16H12ClFO2. The Morgan fingerprint density at radius 1 is 1.20 bits per heavy atom. The fourth-order valence-corrected chi connectivity index (χ4v) is 2.31. The van der Waals surface area contributed by atoms with Gasteiger partial charge in [-0.15, -0.1) is 0 Å². The molecule has 2 aromatic carbocycles. The number of halogens is 2. The highest BCUT2D eigenvalue weighted by atomic mass is 35.5. The second-order valence-corrected chi connectivity index (χ2v) is 5.13. The van der Waals surface area contributed by atoms with Crippen molar-refractivity contribution >= 4 is 22.6 Å². The Hall–Kier alpha value is -1.84. The average molecular weight is 291 g/mol. The molecule has 1 heterocycles. The molecule has 2 nitrogen and oxygen atoms in total. The quantitative estimate of drug-likeness (QED) is 0.747. The van der Waals surface area contributed by atoms with E-state index in [0.717, 1.165) is 5.56 Å². The molecule has 0 bridgehead atoms. The van der Waals surface area contributed by atoms with Crippen LogP contribution in [0.2, 0.25) is 5.02 Å². The maximum absolute atomic E-state index is 13.6. The van der Waals surface area contributed by atoms with Crippen molar-refractivity contribution in [3.05, 3.63) is 70.2 Å². The first kappa shape index (κ1) is 13.2. The van der Waals surface area contributed by atoms with E-state index in [2.05, 4.69) is 0 Å². The summed E-state index contributed by atoms with van der Waals surface area (Å²) < 4.78 is 19.0. The Bertz CT molecular complexity index is 779. The highest BCUT2D eigenvalue weighted by Crippen LogP contribution is 2.31. The number of furan rings is 1. The Morgan fingerprint density at radius 3 is 2.70 bits per heavy atom. The van der Waals surface area contributed by atoms with Crippen molar-refractivity contribution in [1.82, 2.24) is 0 Å². The maximum Gasteiger partial charge on any atom is 0.170 e. The molecule has 1 unspecified atom stereocenters. The Balaban J connectivity index is 2.05. The molecule has 102 valence electrons. The number of rotatable bonds is 2. The molecule has 1 atom stereocenters. The lowest BCUT2D eigenvalue weighted by molar-refractivity contribution is 0.192. The first-order valence-electron chi connectivity index (χ1n) is 6.18. The molecule has 3 aromatic rings. The minimum Gasteiger partial charge on any atom is -0.455 e. The van der Waals surface area contributed by atoms with Crippen LogP contribution >= 0.6 is 11.6 Å². The fourth-order valence-electron chi connectivity index (χ4n) is 2.13. The second kappa shape index (κ2) is 4.93. The third kappa shape index (κ3) is 2.19. The van der Waals surface area contributed by atoms with Gasteiger partial charge in [0.05, 0.1) is 0 Å². The SMILES string of the molecule is Cc1ccc(C(O)c2cc3cccc(F)c3o2)cc1Cl. The number of fused-ring (bicyclic) bond motifs is 1. The molecule has 0 saturated carbocycles. The van der Waals surface area contributed by atoms with Crippen LogP contribution in [0.4, 0.5) is 4.39 Å². The van der Waals surface area contributed by atoms with Crippen LogP contribution in [0, 0.1) is 12.7 Å². The average Bonchev–Trinajstić information content (AvgIpc) is 2.86. The number of para-hydroxylation sites is 1. The third-order valence-corrected chi connectivity index (χ3v) is 3.70. The molecule has 3 rings (SSSR count). The van der Waals surface area contributed by atoms with E-state index >= 15 is 0 Å². The number of hydrogen-bond acceptors (Lipinski definition) is 2. The molecule has 0 spiro atoms. The molecule has 1 N–H and O–H groups in total. The van der Waals surface area contributed by atoms with Gasteiger partial charge in [0.15, 0.2) is 11.4 Å². The summed E-state index contributed by atoms with van der Waals surface area (Å²) in [5.74, 6) is -0.145. The van der Waals surface area contributed by atoms with Crippen LogP contribution in [0.5, 0.6) is 0 Å². The van der Waals surface area contributed by atoms with Gasteiger partial charge < -0.3 is 9.52 Å². The van der Waals surface area contributed by atoms with Gasteiger partial charge >= 0.3 is 0 Å². The van der Waals surface area contributed by atoms with Crippen molar-refractivity contribution < 1.29 is 13.9 Å². The topological polar surface area (TPSA) is 33.4 Å². The van der Waals surface area contributed by atoms with Crippen LogP contribution < -0.4 is 0 Å². The highest BCUT2D eigenvalue weighted by Gasteiger charge is 2.17. The number of aliphatic hydroxyl groups excluding tert-OH is 1. The number of hydrogen-bond donors (Lipinski definition) is 1. The van der Waals surface area contributed by atoms with Crippen molar-refractivity contribution in [2.75, 3.05) is 0 Å². The van der Waals surface area contributed by atoms with E-state index in [1.54, 1.807) is 30.3 Å². The number of aryl methyl sites for hydroxylation is 1. The van der Waals surface area contributed by atoms with Gasteiger partial charge in [0, 0.05) is 10.4 Å². The molecule has 4 heteroatoms. The van der Waals surface area contributed by atoms with Gasteiger partial charge in [-0.05, 0) is 36.2 Å². The van der Waals surface area contributed by atoms with Gasteiger partial charge in [0.2, 0.25) is 0 Å². The smallest absolute Gasteiger partial charge is 0.170 e. The van der Waals surface area contributed by atoms with Crippen LogP contribution in [0.3, 0.4) is 0 Å². The second-order valence-electron chi connectivity index (χ2n) is 4.72. The van der Waals surface area contributed by atoms with E-state index in [1.807, 2.05) is 13.0 Å². The minimum atomic E-state index is -0.972. The predicted octanol–water partition coefficient (Wildman–Crippen LogP) is 4.62. The van der Waals surface area contributed by atoms with Crippen molar-refractivity contribution in [2.45, 2.75) is 13.0 Å².